The van der Waals surface area contributed by atoms with Gasteiger partial charge in [-0.15, -0.1) is 0 Å². The minimum atomic E-state index is -0.800. The first-order chi connectivity index (χ1) is 10.0. The first kappa shape index (κ1) is 14.7. The minimum absolute atomic E-state index is 0.167. The van der Waals surface area contributed by atoms with Crippen LogP contribution < -0.4 is 0 Å². The molecule has 0 heterocycles. The summed E-state index contributed by atoms with van der Waals surface area (Å²) >= 11 is 1.06. The average Bonchev–Trinajstić information content (AvgIpc) is 2.47. The number of carbonyl (C=O) groups is 1. The average molecular weight is 304 g/mol. The van der Waals surface area contributed by atoms with Gasteiger partial charge in [0.1, 0.15) is 5.56 Å². The molecular weight excluding hydrogens is 296 g/mol. The quantitative estimate of drug-likeness (QED) is 0.476. The molecule has 2 aromatic carbocycles. The summed E-state index contributed by atoms with van der Waals surface area (Å²) in [6.45, 7) is 0. The van der Waals surface area contributed by atoms with Crippen molar-refractivity contribution in [2.75, 3.05) is 0 Å². The lowest BCUT2D eigenvalue weighted by Gasteiger charge is -2.05. The van der Waals surface area contributed by atoms with Crippen molar-refractivity contribution in [2.24, 2.45) is 0 Å². The van der Waals surface area contributed by atoms with Gasteiger partial charge in [-0.2, -0.15) is 0 Å². The van der Waals surface area contributed by atoms with E-state index in [0.29, 0.717) is 6.29 Å². The topological polar surface area (TPSA) is 103 Å². The molecule has 8 heteroatoms. The summed E-state index contributed by atoms with van der Waals surface area (Å²) < 4.78 is 0. The van der Waals surface area contributed by atoms with E-state index >= 15 is 0 Å². The summed E-state index contributed by atoms with van der Waals surface area (Å²) in [4.78, 5) is 32.3. The van der Waals surface area contributed by atoms with Gasteiger partial charge >= 0.3 is 0 Å². The molecule has 0 unspecified atom stereocenters. The Morgan fingerprint density at radius 3 is 2.19 bits per heavy atom. The first-order valence-electron chi connectivity index (χ1n) is 5.68. The van der Waals surface area contributed by atoms with Gasteiger partial charge in [-0.3, -0.25) is 25.0 Å². The Balaban J connectivity index is 2.59. The normalized spacial score (nSPS) is 10.1. The molecule has 2 rings (SSSR count). The van der Waals surface area contributed by atoms with Crippen LogP contribution in [0, 0.1) is 20.2 Å². The molecule has 2 aromatic rings. The molecule has 7 nitrogen and oxygen atoms in total. The number of hydrogen-bond donors (Lipinski definition) is 0. The summed E-state index contributed by atoms with van der Waals surface area (Å²) in [6.07, 6.45) is 0.340. The summed E-state index contributed by atoms with van der Waals surface area (Å²) in [6, 6.07) is 10.7. The van der Waals surface area contributed by atoms with E-state index in [-0.39, 0.29) is 10.5 Å². The number of non-ortho nitro benzene ring substituents is 1. The second kappa shape index (κ2) is 6.14. The summed E-state index contributed by atoms with van der Waals surface area (Å²) in [5.41, 5.74) is -1.16. The molecule has 0 saturated heterocycles. The maximum absolute atomic E-state index is 11.1. The molecule has 0 spiro atoms. The highest BCUT2D eigenvalue weighted by Gasteiger charge is 2.24. The maximum Gasteiger partial charge on any atom is 0.287 e. The molecule has 0 atom stereocenters. The number of hydrogen-bond acceptors (Lipinski definition) is 6. The molecule has 0 saturated carbocycles. The van der Waals surface area contributed by atoms with Crippen molar-refractivity contribution in [3.05, 3.63) is 68.3 Å². The fraction of sp³-hybridized carbons (Fsp3) is 0. The van der Waals surface area contributed by atoms with Gasteiger partial charge in [0.05, 0.1) is 15.9 Å². The highest BCUT2D eigenvalue weighted by molar-refractivity contribution is 7.99. The van der Waals surface area contributed by atoms with Gasteiger partial charge in [-0.1, -0.05) is 30.0 Å². The van der Waals surface area contributed by atoms with Crippen molar-refractivity contribution in [1.29, 1.82) is 0 Å². The lowest BCUT2D eigenvalue weighted by Crippen LogP contribution is -1.99. The van der Waals surface area contributed by atoms with Crippen molar-refractivity contribution in [3.63, 3.8) is 0 Å². The first-order valence-corrected chi connectivity index (χ1v) is 6.49. The molecule has 21 heavy (non-hydrogen) atoms. The second-order valence-electron chi connectivity index (χ2n) is 3.92. The van der Waals surface area contributed by atoms with Crippen molar-refractivity contribution < 1.29 is 14.6 Å². The fourth-order valence-corrected chi connectivity index (χ4v) is 2.66. The third-order valence-electron chi connectivity index (χ3n) is 2.60. The van der Waals surface area contributed by atoms with Gasteiger partial charge < -0.3 is 0 Å². The van der Waals surface area contributed by atoms with Crippen LogP contribution in [0.4, 0.5) is 11.4 Å². The van der Waals surface area contributed by atoms with Crippen LogP contribution in [0.5, 0.6) is 0 Å². The Hall–Kier alpha value is -2.74. The SMILES string of the molecule is O=Cc1c(Sc2ccccc2)cc([N+](=O)[O-])cc1[N+](=O)[O-]. The van der Waals surface area contributed by atoms with Crippen molar-refractivity contribution in [2.45, 2.75) is 9.79 Å². The molecular formula is C13H8N2O5S. The van der Waals surface area contributed by atoms with Crippen LogP contribution in [0.3, 0.4) is 0 Å². The zero-order valence-corrected chi connectivity index (χ0v) is 11.3. The van der Waals surface area contributed by atoms with Gasteiger partial charge in [0.15, 0.2) is 6.29 Å². The van der Waals surface area contributed by atoms with E-state index in [4.69, 9.17) is 0 Å². The lowest BCUT2D eigenvalue weighted by molar-refractivity contribution is -0.394. The summed E-state index contributed by atoms with van der Waals surface area (Å²) in [5, 5.41) is 21.8. The van der Waals surface area contributed by atoms with Gasteiger partial charge in [-0.05, 0) is 12.1 Å². The van der Waals surface area contributed by atoms with Crippen LogP contribution in [0.1, 0.15) is 10.4 Å². The molecule has 106 valence electrons. The third kappa shape index (κ3) is 3.23. The highest BCUT2D eigenvalue weighted by Crippen LogP contribution is 2.37. The van der Waals surface area contributed by atoms with E-state index in [1.54, 1.807) is 30.3 Å². The highest BCUT2D eigenvalue weighted by atomic mass is 32.2. The molecule has 0 radical (unpaired) electrons. The van der Waals surface area contributed by atoms with Gasteiger partial charge in [0.2, 0.25) is 0 Å². The van der Waals surface area contributed by atoms with E-state index < -0.39 is 21.2 Å². The van der Waals surface area contributed by atoms with E-state index in [1.165, 1.54) is 0 Å². The lowest BCUT2D eigenvalue weighted by atomic mass is 10.2. The number of nitrogens with zero attached hydrogens (tertiary/aromatic N) is 2. The maximum atomic E-state index is 11.1. The Morgan fingerprint density at radius 2 is 1.67 bits per heavy atom. The number of rotatable bonds is 5. The van der Waals surface area contributed by atoms with Crippen LogP contribution in [-0.4, -0.2) is 16.1 Å². The van der Waals surface area contributed by atoms with Crippen LogP contribution in [-0.2, 0) is 0 Å². The van der Waals surface area contributed by atoms with Crippen LogP contribution >= 0.6 is 11.8 Å². The van der Waals surface area contributed by atoms with Crippen LogP contribution in [0.2, 0.25) is 0 Å². The molecule has 0 aliphatic rings. The Kier molecular flexibility index (Phi) is 4.29. The third-order valence-corrected chi connectivity index (χ3v) is 3.67. The molecule has 0 fully saturated rings. The van der Waals surface area contributed by atoms with Crippen molar-refractivity contribution in [3.8, 4) is 0 Å². The molecule has 0 N–H and O–H groups in total. The van der Waals surface area contributed by atoms with E-state index in [2.05, 4.69) is 0 Å². The molecule has 0 aliphatic carbocycles. The predicted octanol–water partition coefficient (Wildman–Crippen LogP) is 3.47. The largest absolute Gasteiger partial charge is 0.298 e. The summed E-state index contributed by atoms with van der Waals surface area (Å²) in [5.74, 6) is 0. The summed E-state index contributed by atoms with van der Waals surface area (Å²) in [7, 11) is 0. The number of nitro groups is 2. The zero-order chi connectivity index (χ0) is 15.4. The van der Waals surface area contributed by atoms with Gasteiger partial charge in [0.25, 0.3) is 11.4 Å². The Bertz CT molecular complexity index is 718. The standard InChI is InChI=1S/C13H8N2O5S/c16-8-11-12(15(19)20)6-9(14(17)18)7-13(11)21-10-4-2-1-3-5-10/h1-8H. The van der Waals surface area contributed by atoms with E-state index in [9.17, 15) is 25.0 Å². The molecule has 0 amide bonds. The molecule has 0 bridgehead atoms. The molecule has 0 aliphatic heterocycles. The zero-order valence-electron chi connectivity index (χ0n) is 10.5. The van der Waals surface area contributed by atoms with Crippen molar-refractivity contribution in [1.82, 2.24) is 0 Å². The monoisotopic (exact) mass is 304 g/mol. The number of aldehydes is 1. The number of nitro benzene ring substituents is 2. The Labute approximate surface area is 122 Å². The van der Waals surface area contributed by atoms with Crippen molar-refractivity contribution >= 4 is 29.4 Å². The van der Waals surface area contributed by atoms with E-state index in [0.717, 1.165) is 28.8 Å². The van der Waals surface area contributed by atoms with Gasteiger partial charge in [-0.25, -0.2) is 0 Å². The van der Waals surface area contributed by atoms with Gasteiger partial charge in [0, 0.05) is 15.9 Å². The fourth-order valence-electron chi connectivity index (χ4n) is 1.67. The van der Waals surface area contributed by atoms with Crippen LogP contribution in [0.25, 0.3) is 0 Å². The van der Waals surface area contributed by atoms with Crippen LogP contribution in [0.15, 0.2) is 52.3 Å². The predicted molar refractivity (Wildman–Crippen MR) is 75.7 cm³/mol. The number of benzene rings is 2. The Morgan fingerprint density at radius 1 is 1.00 bits per heavy atom. The van der Waals surface area contributed by atoms with E-state index in [1.807, 2.05) is 0 Å². The minimum Gasteiger partial charge on any atom is -0.298 e. The molecule has 0 aromatic heterocycles. The second-order valence-corrected chi connectivity index (χ2v) is 5.04. The number of carbonyl (C=O) groups excluding carboxylic acids is 1. The smallest absolute Gasteiger partial charge is 0.287 e.